The van der Waals surface area contributed by atoms with Crippen LogP contribution in [0.1, 0.15) is 26.7 Å². The highest BCUT2D eigenvalue weighted by molar-refractivity contribution is 7.98. The zero-order valence-corrected chi connectivity index (χ0v) is 10.5. The van der Waals surface area contributed by atoms with E-state index in [2.05, 4.69) is 0 Å². The van der Waals surface area contributed by atoms with E-state index in [1.54, 1.807) is 4.90 Å². The molecule has 2 atom stereocenters. The first-order chi connectivity index (χ1) is 7.49. The fraction of sp³-hybridized carbons (Fsp3) is 0.889. The second kappa shape index (κ2) is 5.91. The van der Waals surface area contributed by atoms with Crippen molar-refractivity contribution in [2.24, 2.45) is 11.1 Å². The Kier molecular flexibility index (Phi) is 5.10. The molecular weight excluding hydrogens is 227 g/mol. The minimum absolute atomic E-state index is 0.0851. The van der Waals surface area contributed by atoms with Crippen molar-refractivity contribution in [1.82, 2.24) is 4.90 Å². The van der Waals surface area contributed by atoms with Crippen LogP contribution >= 0.6 is 11.9 Å². The Morgan fingerprint density at radius 2 is 2.19 bits per heavy atom. The van der Waals surface area contributed by atoms with Crippen LogP contribution in [0.5, 0.6) is 0 Å². The zero-order valence-electron chi connectivity index (χ0n) is 9.67. The van der Waals surface area contributed by atoms with Crippen LogP contribution in [-0.4, -0.2) is 45.7 Å². The average molecular weight is 246 g/mol. The average Bonchev–Trinajstić information content (AvgIpc) is 2.65. The van der Waals surface area contributed by atoms with Gasteiger partial charge in [0.05, 0.1) is 5.94 Å². The summed E-state index contributed by atoms with van der Waals surface area (Å²) in [6.07, 6.45) is 1.46. The molecule has 5 nitrogen and oxygen atoms in total. The summed E-state index contributed by atoms with van der Waals surface area (Å²) >= 11 is 1.03. The highest BCUT2D eigenvalue weighted by Crippen LogP contribution is 2.24. The van der Waals surface area contributed by atoms with E-state index in [0.717, 1.165) is 18.4 Å². The molecule has 0 bridgehead atoms. The van der Waals surface area contributed by atoms with Gasteiger partial charge in [0.15, 0.2) is 0 Å². The number of likely N-dealkylation sites (tertiary alicyclic amines) is 1. The molecule has 0 aromatic carbocycles. The molecule has 92 valence electrons. The smallest absolute Gasteiger partial charge is 0.426 e. The lowest BCUT2D eigenvalue weighted by molar-refractivity contribution is -0.131. The van der Waals surface area contributed by atoms with Crippen molar-refractivity contribution in [1.29, 1.82) is 0 Å². The molecule has 0 aromatic heterocycles. The molecule has 16 heavy (non-hydrogen) atoms. The quantitative estimate of drug-likeness (QED) is 0.465. The van der Waals surface area contributed by atoms with Crippen molar-refractivity contribution < 1.29 is 14.8 Å². The molecule has 1 amide bonds. The molecular formula is C9H19BN2O3S. The van der Waals surface area contributed by atoms with Gasteiger partial charge in [-0.15, -0.1) is 0 Å². The van der Waals surface area contributed by atoms with Crippen LogP contribution < -0.4 is 5.14 Å². The van der Waals surface area contributed by atoms with Crippen LogP contribution in [0.4, 0.5) is 0 Å². The number of amides is 1. The van der Waals surface area contributed by atoms with Gasteiger partial charge in [-0.05, 0) is 18.8 Å². The largest absolute Gasteiger partial charge is 0.475 e. The third kappa shape index (κ3) is 2.91. The van der Waals surface area contributed by atoms with Crippen LogP contribution in [0.15, 0.2) is 0 Å². The molecule has 0 aromatic rings. The predicted molar refractivity (Wildman–Crippen MR) is 65.3 cm³/mol. The third-order valence-electron chi connectivity index (χ3n) is 2.92. The van der Waals surface area contributed by atoms with Crippen LogP contribution in [0.3, 0.4) is 0 Å². The van der Waals surface area contributed by atoms with Crippen LogP contribution in [-0.2, 0) is 4.79 Å². The van der Waals surface area contributed by atoms with Gasteiger partial charge in [0, 0.05) is 6.54 Å². The predicted octanol–water partition coefficient (Wildman–Crippen LogP) is -0.379. The van der Waals surface area contributed by atoms with Crippen molar-refractivity contribution in [3.63, 3.8) is 0 Å². The van der Waals surface area contributed by atoms with Crippen molar-refractivity contribution in [3.8, 4) is 0 Å². The van der Waals surface area contributed by atoms with Crippen molar-refractivity contribution in [2.75, 3.05) is 6.54 Å². The summed E-state index contributed by atoms with van der Waals surface area (Å²) in [6.45, 7) is 4.46. The summed E-state index contributed by atoms with van der Waals surface area (Å²) in [5.74, 6) is -0.418. The number of carbonyl (C=O) groups is 1. The molecule has 0 aliphatic carbocycles. The van der Waals surface area contributed by atoms with Crippen LogP contribution in [0.25, 0.3) is 0 Å². The molecule has 1 aliphatic rings. The summed E-state index contributed by atoms with van der Waals surface area (Å²) in [5, 5.41) is 23.6. The van der Waals surface area contributed by atoms with Crippen molar-refractivity contribution in [3.05, 3.63) is 0 Å². The first kappa shape index (κ1) is 13.8. The Bertz CT molecular complexity index is 253. The Hall–Kier alpha value is -0.235. The first-order valence-electron chi connectivity index (χ1n) is 5.51. The molecule has 7 heteroatoms. The summed E-state index contributed by atoms with van der Waals surface area (Å²) in [6, 6.07) is 0. The van der Waals surface area contributed by atoms with Crippen LogP contribution in [0, 0.1) is 5.92 Å². The van der Waals surface area contributed by atoms with Crippen molar-refractivity contribution in [2.45, 2.75) is 37.9 Å². The molecule has 1 rings (SSSR count). The minimum Gasteiger partial charge on any atom is -0.426 e. The second-order valence-electron chi connectivity index (χ2n) is 4.46. The molecule has 0 radical (unpaired) electrons. The normalized spacial score (nSPS) is 22.6. The first-order valence-corrected chi connectivity index (χ1v) is 6.45. The number of hydrogen-bond donors (Lipinski definition) is 3. The van der Waals surface area contributed by atoms with E-state index in [1.165, 1.54) is 0 Å². The lowest BCUT2D eigenvalue weighted by atomic mass is 9.78. The van der Waals surface area contributed by atoms with Gasteiger partial charge in [-0.25, -0.2) is 0 Å². The number of hydrogen-bond acceptors (Lipinski definition) is 5. The topological polar surface area (TPSA) is 86.8 Å². The van der Waals surface area contributed by atoms with E-state index < -0.39 is 13.1 Å². The fourth-order valence-electron chi connectivity index (χ4n) is 2.04. The number of rotatable bonds is 4. The maximum absolute atomic E-state index is 12.1. The molecule has 0 saturated carbocycles. The van der Waals surface area contributed by atoms with Gasteiger partial charge >= 0.3 is 7.12 Å². The minimum atomic E-state index is -1.46. The third-order valence-corrected chi connectivity index (χ3v) is 3.96. The molecule has 1 fully saturated rings. The standard InChI is InChI=1S/C9H19BN2O3S/c1-6(2)8(16-11)9(13)12-5-3-4-7(12)10(14)15/h6-8,14-15H,3-5,11H2,1-2H3/t7-,8-/m0/s1. The van der Waals surface area contributed by atoms with E-state index in [9.17, 15) is 14.8 Å². The van der Waals surface area contributed by atoms with Crippen molar-refractivity contribution >= 4 is 25.0 Å². The van der Waals surface area contributed by atoms with E-state index >= 15 is 0 Å². The van der Waals surface area contributed by atoms with Gasteiger partial charge in [0.1, 0.15) is 5.25 Å². The number of carbonyl (C=O) groups excluding carboxylic acids is 1. The Morgan fingerprint density at radius 3 is 2.62 bits per heavy atom. The SMILES string of the molecule is CC(C)[C@H](SN)C(=O)N1CCC[C@H]1B(O)O. The highest BCUT2D eigenvalue weighted by Gasteiger charge is 2.39. The molecule has 0 spiro atoms. The van der Waals surface area contributed by atoms with E-state index in [4.69, 9.17) is 5.14 Å². The lowest BCUT2D eigenvalue weighted by Gasteiger charge is -2.29. The molecule has 4 N–H and O–H groups in total. The summed E-state index contributed by atoms with van der Waals surface area (Å²) in [7, 11) is -1.46. The number of nitrogens with two attached hydrogens (primary N) is 1. The molecule has 1 heterocycles. The van der Waals surface area contributed by atoms with Crippen LogP contribution in [0.2, 0.25) is 0 Å². The lowest BCUT2D eigenvalue weighted by Crippen LogP contribution is -2.49. The monoisotopic (exact) mass is 246 g/mol. The Morgan fingerprint density at radius 1 is 1.56 bits per heavy atom. The fourth-order valence-corrected chi connectivity index (χ4v) is 2.61. The molecule has 1 aliphatic heterocycles. The van der Waals surface area contributed by atoms with Gasteiger partial charge in [-0.2, -0.15) is 0 Å². The van der Waals surface area contributed by atoms with Gasteiger partial charge in [0.2, 0.25) is 5.91 Å². The van der Waals surface area contributed by atoms with E-state index in [-0.39, 0.29) is 17.1 Å². The van der Waals surface area contributed by atoms with Gasteiger partial charge in [-0.3, -0.25) is 9.93 Å². The summed E-state index contributed by atoms with van der Waals surface area (Å²) < 4.78 is 0. The Balaban J connectivity index is 2.72. The summed E-state index contributed by atoms with van der Waals surface area (Å²) in [4.78, 5) is 13.7. The Labute approximate surface area is 101 Å². The second-order valence-corrected chi connectivity index (χ2v) is 5.24. The maximum atomic E-state index is 12.1. The zero-order chi connectivity index (χ0) is 12.3. The molecule has 0 unspecified atom stereocenters. The molecule has 1 saturated heterocycles. The maximum Gasteiger partial charge on any atom is 0.475 e. The highest BCUT2D eigenvalue weighted by atomic mass is 32.2. The van der Waals surface area contributed by atoms with Gasteiger partial charge < -0.3 is 14.9 Å². The summed E-state index contributed by atoms with van der Waals surface area (Å²) in [5.41, 5.74) is 0. The number of nitrogens with zero attached hydrogens (tertiary/aromatic N) is 1. The van der Waals surface area contributed by atoms with E-state index in [0.29, 0.717) is 13.0 Å². The van der Waals surface area contributed by atoms with E-state index in [1.807, 2.05) is 13.8 Å². The van der Waals surface area contributed by atoms with Gasteiger partial charge in [0.25, 0.3) is 0 Å². The van der Waals surface area contributed by atoms with Gasteiger partial charge in [-0.1, -0.05) is 25.8 Å².